The lowest BCUT2D eigenvalue weighted by Gasteiger charge is -2.12. The predicted molar refractivity (Wildman–Crippen MR) is 132 cm³/mol. The van der Waals surface area contributed by atoms with Crippen molar-refractivity contribution in [2.75, 3.05) is 20.3 Å². The molecule has 0 saturated heterocycles. The monoisotopic (exact) mass is 446 g/mol. The lowest BCUT2D eigenvalue weighted by atomic mass is 10.2. The third-order valence-corrected chi connectivity index (χ3v) is 4.44. The molecule has 0 aliphatic rings. The first-order valence-electron chi connectivity index (χ1n) is 10.9. The topological polar surface area (TPSA) is 77.3 Å². The molecule has 0 radical (unpaired) electrons. The summed E-state index contributed by atoms with van der Waals surface area (Å²) in [5.41, 5.74) is 5.32. The zero-order chi connectivity index (χ0) is 23.5. The molecule has 7 heteroatoms. The Morgan fingerprint density at radius 2 is 1.85 bits per heavy atom. The number of amidine groups is 1. The molecule has 0 spiro atoms. The summed E-state index contributed by atoms with van der Waals surface area (Å²) in [4.78, 5) is 9.07. The van der Waals surface area contributed by atoms with Crippen LogP contribution in [0.25, 0.3) is 0 Å². The number of hydrogen-bond acceptors (Lipinski definition) is 6. The second-order valence-corrected chi connectivity index (χ2v) is 7.59. The van der Waals surface area contributed by atoms with Gasteiger partial charge in [0.2, 0.25) is 0 Å². The van der Waals surface area contributed by atoms with Crippen LogP contribution in [-0.2, 0) is 0 Å². The maximum atomic E-state index is 5.81. The summed E-state index contributed by atoms with van der Waals surface area (Å²) in [6.07, 6.45) is 3.42. The summed E-state index contributed by atoms with van der Waals surface area (Å²) < 4.78 is 16.8. The zero-order valence-electron chi connectivity index (χ0n) is 19.5. The summed E-state index contributed by atoms with van der Waals surface area (Å²) in [5, 5.41) is 4.37. The first-order chi connectivity index (χ1) is 16.1. The number of hydrogen-bond donors (Lipinski definition) is 1. The van der Waals surface area contributed by atoms with Crippen LogP contribution in [0.15, 0.2) is 77.0 Å². The summed E-state index contributed by atoms with van der Waals surface area (Å²) in [7, 11) is 1.62. The maximum Gasteiger partial charge on any atom is 0.172 e. The molecular weight excluding hydrogens is 416 g/mol. The predicted octanol–water partition coefficient (Wildman–Crippen LogP) is 5.23. The lowest BCUT2D eigenvalue weighted by molar-refractivity contribution is 0.257. The molecule has 0 saturated carbocycles. The Labute approximate surface area is 195 Å². The Balaban J connectivity index is 1.78. The van der Waals surface area contributed by atoms with Gasteiger partial charge in [0, 0.05) is 6.20 Å². The number of aromatic nitrogens is 1. The molecule has 1 heterocycles. The highest BCUT2D eigenvalue weighted by atomic mass is 16.5. The van der Waals surface area contributed by atoms with Crippen molar-refractivity contribution in [1.82, 2.24) is 10.4 Å². The van der Waals surface area contributed by atoms with E-state index in [0.717, 1.165) is 17.0 Å². The highest BCUT2D eigenvalue weighted by molar-refractivity contribution is 5.99. The van der Waals surface area contributed by atoms with Gasteiger partial charge in [0.1, 0.15) is 11.4 Å². The van der Waals surface area contributed by atoms with Gasteiger partial charge in [-0.1, -0.05) is 19.9 Å². The van der Waals surface area contributed by atoms with Crippen LogP contribution >= 0.6 is 0 Å². The van der Waals surface area contributed by atoms with Crippen molar-refractivity contribution in [3.63, 3.8) is 0 Å². The van der Waals surface area contributed by atoms with Crippen LogP contribution in [0.1, 0.15) is 32.0 Å². The van der Waals surface area contributed by atoms with Crippen LogP contribution in [0.2, 0.25) is 0 Å². The molecule has 3 rings (SSSR count). The van der Waals surface area contributed by atoms with Crippen molar-refractivity contribution in [3.8, 4) is 17.2 Å². The minimum atomic E-state index is 0.430. The van der Waals surface area contributed by atoms with Crippen molar-refractivity contribution in [3.05, 3.63) is 78.1 Å². The highest BCUT2D eigenvalue weighted by Gasteiger charge is 2.07. The van der Waals surface area contributed by atoms with E-state index in [1.54, 1.807) is 19.5 Å². The van der Waals surface area contributed by atoms with E-state index < -0.39 is 0 Å². The fourth-order valence-corrected chi connectivity index (χ4v) is 2.86. The van der Waals surface area contributed by atoms with Crippen LogP contribution in [0.5, 0.6) is 17.2 Å². The molecule has 3 aromatic rings. The lowest BCUT2D eigenvalue weighted by Crippen LogP contribution is -2.20. The van der Waals surface area contributed by atoms with E-state index in [9.17, 15) is 0 Å². The summed E-state index contributed by atoms with van der Waals surface area (Å²) in [6.45, 7) is 7.41. The summed E-state index contributed by atoms with van der Waals surface area (Å²) in [5.74, 6) is 3.13. The van der Waals surface area contributed by atoms with E-state index >= 15 is 0 Å². The van der Waals surface area contributed by atoms with Gasteiger partial charge in [-0.25, -0.2) is 4.99 Å². The Morgan fingerprint density at radius 1 is 1.03 bits per heavy atom. The maximum absolute atomic E-state index is 5.81. The van der Waals surface area contributed by atoms with Gasteiger partial charge in [0.25, 0.3) is 0 Å². The van der Waals surface area contributed by atoms with Crippen LogP contribution < -0.4 is 19.6 Å². The molecule has 0 bridgehead atoms. The average molecular weight is 447 g/mol. The molecule has 0 fully saturated rings. The second kappa shape index (κ2) is 12.2. The molecule has 0 atom stereocenters. The van der Waals surface area contributed by atoms with E-state index in [1.807, 2.05) is 67.6 Å². The molecule has 1 aromatic heterocycles. The van der Waals surface area contributed by atoms with Gasteiger partial charge in [0.15, 0.2) is 17.3 Å². The van der Waals surface area contributed by atoms with Crippen molar-refractivity contribution in [2.24, 2.45) is 16.0 Å². The third kappa shape index (κ3) is 7.35. The zero-order valence-corrected chi connectivity index (χ0v) is 19.5. The van der Waals surface area contributed by atoms with Gasteiger partial charge < -0.3 is 14.2 Å². The van der Waals surface area contributed by atoms with Gasteiger partial charge in [-0.05, 0) is 73.0 Å². The van der Waals surface area contributed by atoms with Gasteiger partial charge in [-0.2, -0.15) is 5.10 Å². The number of benzene rings is 2. The second-order valence-electron chi connectivity index (χ2n) is 7.59. The quantitative estimate of drug-likeness (QED) is 0.262. The van der Waals surface area contributed by atoms with E-state index in [4.69, 9.17) is 14.2 Å². The molecule has 0 unspecified atom stereocenters. The molecule has 33 heavy (non-hydrogen) atoms. The Morgan fingerprint density at radius 3 is 2.52 bits per heavy atom. The number of hydrazone groups is 1. The minimum Gasteiger partial charge on any atom is -0.494 e. The number of nitrogens with zero attached hydrogens (tertiary/aromatic N) is 3. The number of ether oxygens (including phenoxy) is 3. The molecule has 0 aliphatic heterocycles. The smallest absolute Gasteiger partial charge is 0.172 e. The van der Waals surface area contributed by atoms with E-state index in [-0.39, 0.29) is 0 Å². The number of pyridine rings is 1. The fourth-order valence-electron chi connectivity index (χ4n) is 2.86. The fraction of sp³-hybridized carbons (Fsp3) is 0.269. The van der Waals surface area contributed by atoms with Gasteiger partial charge in [-0.15, -0.1) is 0 Å². The normalized spacial score (nSPS) is 11.6. The van der Waals surface area contributed by atoms with Crippen LogP contribution in [-0.4, -0.2) is 37.4 Å². The van der Waals surface area contributed by atoms with E-state index in [0.29, 0.717) is 42.2 Å². The Hall–Kier alpha value is -3.87. The van der Waals surface area contributed by atoms with Crippen molar-refractivity contribution in [2.45, 2.75) is 20.8 Å². The van der Waals surface area contributed by atoms with E-state index in [1.165, 1.54) is 0 Å². The molecule has 7 nitrogen and oxygen atoms in total. The minimum absolute atomic E-state index is 0.430. The number of nitrogens with one attached hydrogen (secondary N) is 1. The average Bonchev–Trinajstić information content (AvgIpc) is 2.84. The number of methoxy groups -OCH3 is 1. The third-order valence-electron chi connectivity index (χ3n) is 4.44. The van der Waals surface area contributed by atoms with Crippen molar-refractivity contribution in [1.29, 1.82) is 0 Å². The van der Waals surface area contributed by atoms with Gasteiger partial charge in [0.05, 0.1) is 32.2 Å². The SMILES string of the molecule is CCOc1ccc(N=C(NN=Cc2ccc(OCC(C)C)c(OC)c2)c2ccccn2)cc1. The number of aliphatic imine (C=N–C) groups is 1. The molecule has 172 valence electrons. The molecule has 2 aromatic carbocycles. The van der Waals surface area contributed by atoms with Crippen LogP contribution in [0, 0.1) is 5.92 Å². The van der Waals surface area contributed by atoms with E-state index in [2.05, 4.69) is 34.4 Å². The standard InChI is InChI=1S/C26H30N4O3/c1-5-32-22-12-10-21(11-13-22)29-26(23-8-6-7-15-27-23)30-28-17-20-9-14-24(25(16-20)31-4)33-18-19(2)3/h6-17,19H,5,18H2,1-4H3,(H,29,30). The summed E-state index contributed by atoms with van der Waals surface area (Å²) >= 11 is 0. The first kappa shape index (κ1) is 23.8. The van der Waals surface area contributed by atoms with Crippen molar-refractivity contribution < 1.29 is 14.2 Å². The Kier molecular flexibility index (Phi) is 8.82. The van der Waals surface area contributed by atoms with Gasteiger partial charge in [-0.3, -0.25) is 10.4 Å². The Bertz CT molecular complexity index is 1060. The highest BCUT2D eigenvalue weighted by Crippen LogP contribution is 2.28. The molecular formula is C26H30N4O3. The first-order valence-corrected chi connectivity index (χ1v) is 10.9. The largest absolute Gasteiger partial charge is 0.494 e. The van der Waals surface area contributed by atoms with Gasteiger partial charge >= 0.3 is 0 Å². The molecule has 0 aliphatic carbocycles. The molecule has 1 N–H and O–H groups in total. The summed E-state index contributed by atoms with van der Waals surface area (Å²) in [6, 6.07) is 18.9. The van der Waals surface area contributed by atoms with Crippen molar-refractivity contribution >= 4 is 17.7 Å². The molecule has 0 amide bonds. The van der Waals surface area contributed by atoms with Crippen LogP contribution in [0.4, 0.5) is 5.69 Å². The number of rotatable bonds is 10. The van der Waals surface area contributed by atoms with Crippen LogP contribution in [0.3, 0.4) is 0 Å².